The predicted octanol–water partition coefficient (Wildman–Crippen LogP) is 3.48. The number of hydrogen-bond acceptors (Lipinski definition) is 2. The Kier molecular flexibility index (Phi) is 6.03. The Morgan fingerprint density at radius 1 is 0.800 bits per heavy atom. The first kappa shape index (κ1) is 17.0. The number of amides is 1. The van der Waals surface area contributed by atoms with Crippen LogP contribution < -0.4 is 5.73 Å². The van der Waals surface area contributed by atoms with Crippen LogP contribution in [0.15, 0.2) is 0 Å². The van der Waals surface area contributed by atoms with Crippen LogP contribution in [0.4, 0.5) is 0 Å². The van der Waals surface area contributed by atoms with Crippen LogP contribution in [-0.4, -0.2) is 17.0 Å². The van der Waals surface area contributed by atoms with Gasteiger partial charge < -0.3 is 10.8 Å². The number of primary amides is 1. The Balaban J connectivity index is 0.000000200. The molecule has 0 aromatic carbocycles. The molecule has 2 aliphatic rings. The number of carboxylic acids is 1. The van der Waals surface area contributed by atoms with Gasteiger partial charge in [0.2, 0.25) is 5.91 Å². The van der Waals surface area contributed by atoms with Gasteiger partial charge in [-0.15, -0.1) is 0 Å². The molecule has 2 fully saturated rings. The van der Waals surface area contributed by atoms with E-state index in [2.05, 4.69) is 0 Å². The van der Waals surface area contributed by atoms with Gasteiger partial charge in [-0.1, -0.05) is 45.4 Å². The van der Waals surface area contributed by atoms with Gasteiger partial charge in [-0.25, -0.2) is 0 Å². The van der Waals surface area contributed by atoms with E-state index in [1.165, 1.54) is 25.7 Å². The largest absolute Gasteiger partial charge is 0.481 e. The lowest BCUT2D eigenvalue weighted by molar-refractivity contribution is -0.149. The molecule has 0 spiro atoms. The molecule has 2 rings (SSSR count). The molecule has 0 aromatic heterocycles. The molecule has 0 bridgehead atoms. The lowest BCUT2D eigenvalue weighted by atomic mass is 9.75. The lowest BCUT2D eigenvalue weighted by Gasteiger charge is -2.29. The summed E-state index contributed by atoms with van der Waals surface area (Å²) >= 11 is 0. The van der Waals surface area contributed by atoms with Crippen molar-refractivity contribution in [2.75, 3.05) is 0 Å². The Morgan fingerprint density at radius 2 is 1.15 bits per heavy atom. The first-order valence-electron chi connectivity index (χ1n) is 7.83. The van der Waals surface area contributed by atoms with Crippen LogP contribution in [0.5, 0.6) is 0 Å². The fourth-order valence-electron chi connectivity index (χ4n) is 3.12. The van der Waals surface area contributed by atoms with E-state index in [4.69, 9.17) is 10.8 Å². The summed E-state index contributed by atoms with van der Waals surface area (Å²) < 4.78 is 0. The molecule has 0 saturated heterocycles. The molecule has 0 unspecified atom stereocenters. The standard InChI is InChI=1S/C8H15NO.C8H14O2/c2*1-8(7(9)10)5-3-2-4-6-8/h2-6H2,1H3,(H2,9,10);2-6H2,1H3,(H,9,10). The zero-order valence-corrected chi connectivity index (χ0v) is 12.9. The summed E-state index contributed by atoms with van der Waals surface area (Å²) in [5, 5.41) is 8.80. The molecular formula is C16H29NO3. The van der Waals surface area contributed by atoms with Gasteiger partial charge >= 0.3 is 5.97 Å². The maximum absolute atomic E-state index is 10.9. The minimum absolute atomic E-state index is 0.118. The number of aliphatic carboxylic acids is 1. The fourth-order valence-corrected chi connectivity index (χ4v) is 3.12. The van der Waals surface area contributed by atoms with Gasteiger partial charge in [0.15, 0.2) is 0 Å². The summed E-state index contributed by atoms with van der Waals surface area (Å²) in [5.74, 6) is -0.737. The molecule has 20 heavy (non-hydrogen) atoms. The van der Waals surface area contributed by atoms with E-state index in [9.17, 15) is 9.59 Å². The number of nitrogens with two attached hydrogens (primary N) is 1. The highest BCUT2D eigenvalue weighted by molar-refractivity contribution is 5.80. The average Bonchev–Trinajstić information content (AvgIpc) is 2.41. The third kappa shape index (κ3) is 4.50. The highest BCUT2D eigenvalue weighted by Crippen LogP contribution is 2.36. The monoisotopic (exact) mass is 283 g/mol. The molecule has 0 atom stereocenters. The topological polar surface area (TPSA) is 80.4 Å². The van der Waals surface area contributed by atoms with Gasteiger partial charge in [0, 0.05) is 5.41 Å². The number of carboxylic acid groups (broad SMARTS) is 1. The molecule has 3 N–H and O–H groups in total. The number of rotatable bonds is 2. The van der Waals surface area contributed by atoms with E-state index < -0.39 is 11.4 Å². The first-order valence-corrected chi connectivity index (χ1v) is 7.83. The van der Waals surface area contributed by atoms with Gasteiger partial charge in [-0.2, -0.15) is 0 Å². The molecule has 4 heteroatoms. The van der Waals surface area contributed by atoms with Gasteiger partial charge in [0.1, 0.15) is 0 Å². The second-order valence-electron chi connectivity index (χ2n) is 6.91. The second-order valence-corrected chi connectivity index (χ2v) is 6.91. The summed E-state index contributed by atoms with van der Waals surface area (Å²) in [6.07, 6.45) is 10.7. The minimum atomic E-state index is -0.618. The maximum atomic E-state index is 10.9. The summed E-state index contributed by atoms with van der Waals surface area (Å²) in [5.41, 5.74) is 4.68. The van der Waals surface area contributed by atoms with E-state index in [0.717, 1.165) is 38.5 Å². The molecule has 0 aliphatic heterocycles. The molecule has 2 saturated carbocycles. The first-order chi connectivity index (χ1) is 9.30. The second kappa shape index (κ2) is 7.09. The highest BCUT2D eigenvalue weighted by atomic mass is 16.4. The normalized spacial score (nSPS) is 24.1. The van der Waals surface area contributed by atoms with E-state index in [-0.39, 0.29) is 11.3 Å². The van der Waals surface area contributed by atoms with Crippen LogP contribution in [0.1, 0.15) is 78.1 Å². The van der Waals surface area contributed by atoms with Gasteiger partial charge in [-0.05, 0) is 32.6 Å². The van der Waals surface area contributed by atoms with Crippen LogP contribution in [0.2, 0.25) is 0 Å². The maximum Gasteiger partial charge on any atom is 0.309 e. The Morgan fingerprint density at radius 3 is 1.35 bits per heavy atom. The van der Waals surface area contributed by atoms with Crippen LogP contribution in [0, 0.1) is 10.8 Å². The third-order valence-corrected chi connectivity index (χ3v) is 5.03. The van der Waals surface area contributed by atoms with E-state index in [1.54, 1.807) is 0 Å². The van der Waals surface area contributed by atoms with Crippen molar-refractivity contribution in [2.24, 2.45) is 16.6 Å². The quantitative estimate of drug-likeness (QED) is 0.814. The van der Waals surface area contributed by atoms with Crippen molar-refractivity contribution in [1.29, 1.82) is 0 Å². The average molecular weight is 283 g/mol. The molecule has 4 nitrogen and oxygen atoms in total. The Bertz CT molecular complexity index is 306. The zero-order valence-electron chi connectivity index (χ0n) is 12.9. The fraction of sp³-hybridized carbons (Fsp3) is 0.875. The zero-order chi connectivity index (χ0) is 15.2. The van der Waals surface area contributed by atoms with Crippen LogP contribution in [0.3, 0.4) is 0 Å². The molecule has 116 valence electrons. The van der Waals surface area contributed by atoms with Gasteiger partial charge in [-0.3, -0.25) is 9.59 Å². The molecular weight excluding hydrogens is 254 g/mol. The van der Waals surface area contributed by atoms with Crippen LogP contribution >= 0.6 is 0 Å². The van der Waals surface area contributed by atoms with Gasteiger partial charge in [0.25, 0.3) is 0 Å². The number of carbonyl (C=O) groups excluding carboxylic acids is 1. The smallest absolute Gasteiger partial charge is 0.309 e. The van der Waals surface area contributed by atoms with Crippen molar-refractivity contribution in [3.8, 4) is 0 Å². The van der Waals surface area contributed by atoms with Crippen molar-refractivity contribution >= 4 is 11.9 Å². The minimum Gasteiger partial charge on any atom is -0.481 e. The summed E-state index contributed by atoms with van der Waals surface area (Å²) in [7, 11) is 0. The lowest BCUT2D eigenvalue weighted by Crippen LogP contribution is -2.35. The third-order valence-electron chi connectivity index (χ3n) is 5.03. The van der Waals surface area contributed by atoms with E-state index in [1.807, 2.05) is 13.8 Å². The number of hydrogen-bond donors (Lipinski definition) is 2. The molecule has 1 amide bonds. The summed E-state index contributed by atoms with van der Waals surface area (Å²) in [4.78, 5) is 21.6. The van der Waals surface area contributed by atoms with Crippen LogP contribution in [0.25, 0.3) is 0 Å². The Hall–Kier alpha value is -1.06. The number of carbonyl (C=O) groups is 2. The molecule has 2 aliphatic carbocycles. The SMILES string of the molecule is CC1(C(=O)O)CCCCC1.CC1(C(N)=O)CCCCC1. The van der Waals surface area contributed by atoms with Crippen molar-refractivity contribution in [3.05, 3.63) is 0 Å². The molecule has 0 heterocycles. The molecule has 0 radical (unpaired) electrons. The predicted molar refractivity (Wildman–Crippen MR) is 79.2 cm³/mol. The van der Waals surface area contributed by atoms with E-state index >= 15 is 0 Å². The summed E-state index contributed by atoms with van der Waals surface area (Å²) in [6.45, 7) is 3.84. The highest BCUT2D eigenvalue weighted by Gasteiger charge is 2.34. The van der Waals surface area contributed by atoms with Crippen molar-refractivity contribution in [3.63, 3.8) is 0 Å². The molecule has 0 aromatic rings. The Labute approximate surface area is 122 Å². The van der Waals surface area contributed by atoms with Crippen molar-refractivity contribution in [2.45, 2.75) is 78.1 Å². The van der Waals surface area contributed by atoms with Crippen LogP contribution in [-0.2, 0) is 9.59 Å². The van der Waals surface area contributed by atoms with Crippen molar-refractivity contribution < 1.29 is 14.7 Å². The summed E-state index contributed by atoms with van der Waals surface area (Å²) in [6, 6.07) is 0. The van der Waals surface area contributed by atoms with Crippen molar-refractivity contribution in [1.82, 2.24) is 0 Å². The van der Waals surface area contributed by atoms with Gasteiger partial charge in [0.05, 0.1) is 5.41 Å². The van der Waals surface area contributed by atoms with E-state index in [0.29, 0.717) is 0 Å².